The normalized spacial score (nSPS) is 10.3. The van der Waals surface area contributed by atoms with E-state index < -0.39 is 0 Å². The van der Waals surface area contributed by atoms with Crippen LogP contribution in [0.1, 0.15) is 21.7 Å². The fraction of sp³-hybridized carbons (Fsp3) is 0.250. The van der Waals surface area contributed by atoms with Crippen molar-refractivity contribution in [2.45, 2.75) is 13.5 Å². The van der Waals surface area contributed by atoms with E-state index in [4.69, 9.17) is 0 Å². The highest BCUT2D eigenvalue weighted by Crippen LogP contribution is 2.17. The van der Waals surface area contributed by atoms with Crippen LogP contribution in [0.15, 0.2) is 24.5 Å². The van der Waals surface area contributed by atoms with Crippen LogP contribution in [0.25, 0.3) is 0 Å². The van der Waals surface area contributed by atoms with E-state index in [0.29, 0.717) is 11.4 Å². The lowest BCUT2D eigenvalue weighted by molar-refractivity contribution is 0.0949. The van der Waals surface area contributed by atoms with Crippen LogP contribution in [-0.4, -0.2) is 25.8 Å². The van der Waals surface area contributed by atoms with Crippen LogP contribution in [0.2, 0.25) is 0 Å². The van der Waals surface area contributed by atoms with Gasteiger partial charge in [0.2, 0.25) is 0 Å². The van der Waals surface area contributed by atoms with E-state index in [0.717, 1.165) is 5.56 Å². The Labute approximate surface area is 104 Å². The largest absolute Gasteiger partial charge is 0.508 e. The number of carbonyl (C=O) groups excluding carboxylic acids is 1. The molecule has 1 heterocycles. The number of phenols is 1. The van der Waals surface area contributed by atoms with Gasteiger partial charge in [-0.1, -0.05) is 6.07 Å². The first-order valence-corrected chi connectivity index (χ1v) is 5.48. The Kier molecular flexibility index (Phi) is 3.27. The molecule has 0 aliphatic heterocycles. The second-order valence-electron chi connectivity index (χ2n) is 4.02. The van der Waals surface area contributed by atoms with E-state index in [1.807, 2.05) is 0 Å². The number of nitrogens with one attached hydrogen (secondary N) is 1. The topological polar surface area (TPSA) is 80.0 Å². The van der Waals surface area contributed by atoms with Crippen molar-refractivity contribution >= 4 is 5.91 Å². The number of hydrogen-bond donors (Lipinski definition) is 2. The highest BCUT2D eigenvalue weighted by atomic mass is 16.3. The van der Waals surface area contributed by atoms with Gasteiger partial charge in [-0.05, 0) is 24.6 Å². The Hall–Kier alpha value is -2.37. The molecule has 0 unspecified atom stereocenters. The predicted molar refractivity (Wildman–Crippen MR) is 65.0 cm³/mol. The van der Waals surface area contributed by atoms with Crippen molar-refractivity contribution in [2.75, 3.05) is 0 Å². The maximum absolute atomic E-state index is 11.8. The van der Waals surface area contributed by atoms with Crippen LogP contribution in [-0.2, 0) is 13.6 Å². The molecule has 0 fully saturated rings. The van der Waals surface area contributed by atoms with Crippen LogP contribution in [0.5, 0.6) is 5.75 Å². The van der Waals surface area contributed by atoms with Gasteiger partial charge >= 0.3 is 0 Å². The number of phenolic OH excluding ortho intramolecular Hbond substituents is 1. The Balaban J connectivity index is 2.01. The second kappa shape index (κ2) is 4.87. The summed E-state index contributed by atoms with van der Waals surface area (Å²) >= 11 is 0. The zero-order valence-electron chi connectivity index (χ0n) is 10.2. The third kappa shape index (κ3) is 2.65. The fourth-order valence-corrected chi connectivity index (χ4v) is 1.48. The average Bonchev–Trinajstić information content (AvgIpc) is 2.75. The minimum absolute atomic E-state index is 0.110. The molecule has 0 aliphatic rings. The number of hydrogen-bond acceptors (Lipinski definition) is 4. The monoisotopic (exact) mass is 246 g/mol. The first-order valence-electron chi connectivity index (χ1n) is 5.48. The molecule has 94 valence electrons. The van der Waals surface area contributed by atoms with Gasteiger partial charge in [0.15, 0.2) is 5.82 Å². The zero-order chi connectivity index (χ0) is 13.1. The van der Waals surface area contributed by atoms with Crippen LogP contribution in [0.3, 0.4) is 0 Å². The van der Waals surface area contributed by atoms with Crippen molar-refractivity contribution in [3.63, 3.8) is 0 Å². The first kappa shape index (κ1) is 12.1. The van der Waals surface area contributed by atoms with Crippen LogP contribution >= 0.6 is 0 Å². The van der Waals surface area contributed by atoms with Gasteiger partial charge in [0.05, 0.1) is 6.54 Å². The molecular formula is C12H14N4O2. The molecule has 1 aromatic heterocycles. The van der Waals surface area contributed by atoms with Gasteiger partial charge in [0, 0.05) is 12.6 Å². The van der Waals surface area contributed by atoms with Gasteiger partial charge in [0.25, 0.3) is 5.91 Å². The van der Waals surface area contributed by atoms with E-state index >= 15 is 0 Å². The number of benzene rings is 1. The molecule has 0 aliphatic carbocycles. The van der Waals surface area contributed by atoms with Crippen molar-refractivity contribution in [1.82, 2.24) is 20.1 Å². The molecule has 0 bridgehead atoms. The van der Waals surface area contributed by atoms with E-state index in [2.05, 4.69) is 15.4 Å². The van der Waals surface area contributed by atoms with Crippen molar-refractivity contribution in [2.24, 2.45) is 7.05 Å². The summed E-state index contributed by atoms with van der Waals surface area (Å²) < 4.78 is 1.57. The summed E-state index contributed by atoms with van der Waals surface area (Å²) in [7, 11) is 1.76. The molecule has 0 spiro atoms. The van der Waals surface area contributed by atoms with Crippen molar-refractivity contribution in [3.05, 3.63) is 41.5 Å². The molecule has 6 nitrogen and oxygen atoms in total. The lowest BCUT2D eigenvalue weighted by atomic mass is 10.1. The minimum atomic E-state index is -0.266. The molecular weight excluding hydrogens is 232 g/mol. The number of rotatable bonds is 3. The smallest absolute Gasteiger partial charge is 0.251 e. The van der Waals surface area contributed by atoms with Gasteiger partial charge in [-0.3, -0.25) is 9.48 Å². The third-order valence-electron chi connectivity index (χ3n) is 2.53. The Morgan fingerprint density at radius 3 is 2.89 bits per heavy atom. The summed E-state index contributed by atoms with van der Waals surface area (Å²) in [5.41, 5.74) is 1.15. The van der Waals surface area contributed by atoms with Gasteiger partial charge in [-0.25, -0.2) is 4.98 Å². The highest BCUT2D eigenvalue weighted by molar-refractivity contribution is 5.94. The highest BCUT2D eigenvalue weighted by Gasteiger charge is 2.08. The van der Waals surface area contributed by atoms with Gasteiger partial charge < -0.3 is 10.4 Å². The summed E-state index contributed by atoms with van der Waals surface area (Å²) in [6.45, 7) is 2.03. The lowest BCUT2D eigenvalue weighted by Gasteiger charge is -2.04. The van der Waals surface area contributed by atoms with Gasteiger partial charge in [0.1, 0.15) is 12.1 Å². The minimum Gasteiger partial charge on any atom is -0.508 e. The Morgan fingerprint density at radius 2 is 2.28 bits per heavy atom. The maximum Gasteiger partial charge on any atom is 0.251 e. The Morgan fingerprint density at radius 1 is 1.50 bits per heavy atom. The molecule has 2 aromatic rings. The molecule has 0 saturated carbocycles. The molecule has 1 amide bonds. The number of carbonyl (C=O) groups is 1. The summed E-state index contributed by atoms with van der Waals surface area (Å²) in [6.07, 6.45) is 1.57. The van der Waals surface area contributed by atoms with Gasteiger partial charge in [-0.15, -0.1) is 0 Å². The van der Waals surface area contributed by atoms with Crippen molar-refractivity contribution in [3.8, 4) is 5.75 Å². The van der Waals surface area contributed by atoms with Crippen molar-refractivity contribution in [1.29, 1.82) is 0 Å². The molecule has 18 heavy (non-hydrogen) atoms. The standard InChI is InChI=1S/C12H14N4O2/c1-8-3-4-9(5-10(8)17)12(18)13-6-11-14-7-16(2)15-11/h3-5,7,17H,6H2,1-2H3,(H,13,18). The van der Waals surface area contributed by atoms with E-state index in [1.165, 1.54) is 6.07 Å². The molecule has 2 N–H and O–H groups in total. The van der Waals surface area contributed by atoms with Gasteiger partial charge in [-0.2, -0.15) is 5.10 Å². The number of aromatic nitrogens is 3. The van der Waals surface area contributed by atoms with Crippen LogP contribution in [0.4, 0.5) is 0 Å². The predicted octanol–water partition coefficient (Wildman–Crippen LogP) is 0.759. The van der Waals surface area contributed by atoms with Crippen LogP contribution in [0, 0.1) is 6.92 Å². The summed E-state index contributed by atoms with van der Waals surface area (Å²) in [5, 5.41) is 16.3. The zero-order valence-corrected chi connectivity index (χ0v) is 10.2. The summed E-state index contributed by atoms with van der Waals surface area (Å²) in [5.74, 6) is 0.388. The summed E-state index contributed by atoms with van der Waals surface area (Å²) in [4.78, 5) is 15.8. The average molecular weight is 246 g/mol. The number of nitrogens with zero attached hydrogens (tertiary/aromatic N) is 3. The molecule has 0 atom stereocenters. The quantitative estimate of drug-likeness (QED) is 0.837. The molecule has 0 radical (unpaired) electrons. The van der Waals surface area contributed by atoms with E-state index in [-0.39, 0.29) is 18.2 Å². The molecule has 2 rings (SSSR count). The van der Waals surface area contributed by atoms with Crippen molar-refractivity contribution < 1.29 is 9.90 Å². The number of amides is 1. The SMILES string of the molecule is Cc1ccc(C(=O)NCc2ncn(C)n2)cc1O. The fourth-order valence-electron chi connectivity index (χ4n) is 1.48. The maximum atomic E-state index is 11.8. The number of aryl methyl sites for hydroxylation is 2. The Bertz CT molecular complexity index is 577. The second-order valence-corrected chi connectivity index (χ2v) is 4.02. The lowest BCUT2D eigenvalue weighted by Crippen LogP contribution is -2.23. The summed E-state index contributed by atoms with van der Waals surface area (Å²) in [6, 6.07) is 4.80. The molecule has 6 heteroatoms. The van der Waals surface area contributed by atoms with Crippen LogP contribution < -0.4 is 5.32 Å². The molecule has 0 saturated heterocycles. The van der Waals surface area contributed by atoms with E-state index in [9.17, 15) is 9.90 Å². The molecule has 1 aromatic carbocycles. The third-order valence-corrected chi connectivity index (χ3v) is 2.53. The first-order chi connectivity index (χ1) is 8.56. The number of aromatic hydroxyl groups is 1. The van der Waals surface area contributed by atoms with E-state index in [1.54, 1.807) is 37.1 Å².